The first kappa shape index (κ1) is 19.7. The van der Waals surface area contributed by atoms with Crippen LogP contribution in [0.4, 0.5) is 0 Å². The maximum absolute atomic E-state index is 12.1. The first-order chi connectivity index (χ1) is 11.0. The van der Waals surface area contributed by atoms with Gasteiger partial charge in [0.05, 0.1) is 13.7 Å². The number of methoxy groups -OCH3 is 1. The van der Waals surface area contributed by atoms with Crippen LogP contribution in [0.25, 0.3) is 0 Å². The van der Waals surface area contributed by atoms with Gasteiger partial charge in [-0.2, -0.15) is 0 Å². The lowest BCUT2D eigenvalue weighted by Crippen LogP contribution is -2.62. The smallest absolute Gasteiger partial charge is 0.373 e. The van der Waals surface area contributed by atoms with E-state index in [1.165, 1.54) is 19.2 Å². The Morgan fingerprint density at radius 3 is 2.33 bits per heavy atom. The average molecular weight is 342 g/mol. The SMILES string of the molecule is COC(=O)c1ccc(COC[C@](N)(C(N)=O)C(=O)OC(C)(C)C)o1. The van der Waals surface area contributed by atoms with Crippen LogP contribution >= 0.6 is 0 Å². The summed E-state index contributed by atoms with van der Waals surface area (Å²) in [6, 6.07) is 2.89. The zero-order chi connectivity index (χ0) is 18.5. The molecule has 24 heavy (non-hydrogen) atoms. The number of primary amides is 1. The molecule has 0 saturated heterocycles. The van der Waals surface area contributed by atoms with Gasteiger partial charge in [-0.1, -0.05) is 0 Å². The molecule has 1 aromatic rings. The number of furan rings is 1. The van der Waals surface area contributed by atoms with Crippen molar-refractivity contribution in [2.24, 2.45) is 11.5 Å². The summed E-state index contributed by atoms with van der Waals surface area (Å²) in [6.07, 6.45) is 0. The van der Waals surface area contributed by atoms with E-state index in [1.807, 2.05) is 0 Å². The second kappa shape index (κ2) is 7.45. The van der Waals surface area contributed by atoms with E-state index in [-0.39, 0.29) is 18.1 Å². The Balaban J connectivity index is 2.70. The van der Waals surface area contributed by atoms with Crippen molar-refractivity contribution in [2.75, 3.05) is 13.7 Å². The first-order valence-electron chi connectivity index (χ1n) is 7.06. The van der Waals surface area contributed by atoms with Gasteiger partial charge >= 0.3 is 11.9 Å². The van der Waals surface area contributed by atoms with Crippen molar-refractivity contribution in [1.29, 1.82) is 0 Å². The number of hydrogen-bond acceptors (Lipinski definition) is 8. The molecule has 0 radical (unpaired) electrons. The molecule has 0 aliphatic rings. The fourth-order valence-corrected chi connectivity index (χ4v) is 1.58. The second-order valence-electron chi connectivity index (χ2n) is 6.09. The van der Waals surface area contributed by atoms with E-state index in [1.54, 1.807) is 20.8 Å². The van der Waals surface area contributed by atoms with E-state index in [4.69, 9.17) is 25.4 Å². The molecule has 4 N–H and O–H groups in total. The lowest BCUT2D eigenvalue weighted by atomic mass is 10.0. The van der Waals surface area contributed by atoms with Gasteiger partial charge in [-0.05, 0) is 32.9 Å². The summed E-state index contributed by atoms with van der Waals surface area (Å²) < 4.78 is 20.0. The molecule has 0 spiro atoms. The quantitative estimate of drug-likeness (QED) is 0.524. The summed E-state index contributed by atoms with van der Waals surface area (Å²) in [4.78, 5) is 34.9. The molecule has 1 aromatic heterocycles. The lowest BCUT2D eigenvalue weighted by molar-refractivity contribution is -0.166. The van der Waals surface area contributed by atoms with Crippen LogP contribution < -0.4 is 11.5 Å². The van der Waals surface area contributed by atoms with Crippen molar-refractivity contribution in [1.82, 2.24) is 0 Å². The third-order valence-corrected chi connectivity index (χ3v) is 2.83. The molecule has 9 heteroatoms. The normalized spacial score (nSPS) is 13.9. The minimum atomic E-state index is -2.13. The largest absolute Gasteiger partial charge is 0.463 e. The Morgan fingerprint density at radius 2 is 1.83 bits per heavy atom. The number of rotatable bonds is 7. The van der Waals surface area contributed by atoms with E-state index in [0.29, 0.717) is 0 Å². The minimum Gasteiger partial charge on any atom is -0.463 e. The average Bonchev–Trinajstić information content (AvgIpc) is 2.93. The van der Waals surface area contributed by atoms with Gasteiger partial charge < -0.3 is 30.1 Å². The van der Waals surface area contributed by atoms with Crippen LogP contribution in [-0.4, -0.2) is 42.7 Å². The Bertz CT molecular complexity index is 618. The molecule has 0 bridgehead atoms. The Hall–Kier alpha value is -2.39. The maximum Gasteiger partial charge on any atom is 0.373 e. The summed E-state index contributed by atoms with van der Waals surface area (Å²) in [5.74, 6) is -2.42. The molecule has 9 nitrogen and oxygen atoms in total. The van der Waals surface area contributed by atoms with E-state index < -0.39 is 35.6 Å². The first-order valence-corrected chi connectivity index (χ1v) is 7.06. The van der Waals surface area contributed by atoms with Gasteiger partial charge in [0.25, 0.3) is 5.91 Å². The molecule has 1 heterocycles. The van der Waals surface area contributed by atoms with E-state index in [9.17, 15) is 14.4 Å². The van der Waals surface area contributed by atoms with E-state index in [2.05, 4.69) is 4.74 Å². The third kappa shape index (κ3) is 5.07. The molecule has 0 saturated carbocycles. The van der Waals surface area contributed by atoms with Crippen LogP contribution in [0.5, 0.6) is 0 Å². The fourth-order valence-electron chi connectivity index (χ4n) is 1.58. The molecule has 1 amide bonds. The van der Waals surface area contributed by atoms with Gasteiger partial charge in [-0.25, -0.2) is 9.59 Å². The highest BCUT2D eigenvalue weighted by atomic mass is 16.6. The lowest BCUT2D eigenvalue weighted by Gasteiger charge is -2.28. The van der Waals surface area contributed by atoms with Gasteiger partial charge in [0.2, 0.25) is 11.3 Å². The van der Waals surface area contributed by atoms with Gasteiger partial charge in [0.1, 0.15) is 18.0 Å². The molecule has 0 aliphatic heterocycles. The zero-order valence-corrected chi connectivity index (χ0v) is 14.1. The fraction of sp³-hybridized carbons (Fsp3) is 0.533. The zero-order valence-electron chi connectivity index (χ0n) is 14.1. The van der Waals surface area contributed by atoms with Crippen molar-refractivity contribution < 1.29 is 33.0 Å². The summed E-state index contributed by atoms with van der Waals surface area (Å²) in [6.45, 7) is 4.25. The molecular formula is C15H22N2O7. The van der Waals surface area contributed by atoms with Crippen molar-refractivity contribution in [3.63, 3.8) is 0 Å². The van der Waals surface area contributed by atoms with E-state index >= 15 is 0 Å². The maximum atomic E-state index is 12.1. The topological polar surface area (TPSA) is 144 Å². The standard InChI is InChI=1S/C15H22N2O7/c1-14(2,3)24-13(20)15(17,12(16)19)8-22-7-9-5-6-10(23-9)11(18)21-4/h5-6H,7-8,17H2,1-4H3,(H2,16,19)/t15-/m0/s1. The van der Waals surface area contributed by atoms with E-state index in [0.717, 1.165) is 0 Å². The van der Waals surface area contributed by atoms with Gasteiger partial charge in [-0.15, -0.1) is 0 Å². The molecule has 0 unspecified atom stereocenters. The minimum absolute atomic E-state index is 0.00263. The Kier molecular flexibility index (Phi) is 6.10. The number of carbonyl (C=O) groups is 3. The van der Waals surface area contributed by atoms with Crippen molar-refractivity contribution in [2.45, 2.75) is 38.5 Å². The molecule has 0 aromatic carbocycles. The van der Waals surface area contributed by atoms with Crippen LogP contribution in [0.2, 0.25) is 0 Å². The number of ether oxygens (including phenoxy) is 3. The Morgan fingerprint density at radius 1 is 1.21 bits per heavy atom. The molecule has 1 atom stereocenters. The van der Waals surface area contributed by atoms with Crippen LogP contribution in [0, 0.1) is 0 Å². The molecule has 1 rings (SSSR count). The van der Waals surface area contributed by atoms with Crippen LogP contribution in [0.15, 0.2) is 16.5 Å². The number of nitrogens with two attached hydrogens (primary N) is 2. The van der Waals surface area contributed by atoms with Crippen molar-refractivity contribution in [3.8, 4) is 0 Å². The highest BCUT2D eigenvalue weighted by molar-refractivity contribution is 6.06. The molecule has 134 valence electrons. The van der Waals surface area contributed by atoms with Crippen LogP contribution in [0.3, 0.4) is 0 Å². The number of esters is 2. The van der Waals surface area contributed by atoms with Crippen molar-refractivity contribution in [3.05, 3.63) is 23.7 Å². The summed E-state index contributed by atoms with van der Waals surface area (Å²) >= 11 is 0. The monoisotopic (exact) mass is 342 g/mol. The summed E-state index contributed by atoms with van der Waals surface area (Å²) in [5, 5.41) is 0. The summed E-state index contributed by atoms with van der Waals surface area (Å²) in [5.41, 5.74) is 7.98. The predicted octanol–water partition coefficient (Wildman–Crippen LogP) is 0.107. The highest BCUT2D eigenvalue weighted by Crippen LogP contribution is 2.15. The van der Waals surface area contributed by atoms with Crippen molar-refractivity contribution >= 4 is 17.8 Å². The van der Waals surface area contributed by atoms with Gasteiger partial charge in [0, 0.05) is 0 Å². The second-order valence-corrected chi connectivity index (χ2v) is 6.09. The third-order valence-electron chi connectivity index (χ3n) is 2.83. The predicted molar refractivity (Wildman–Crippen MR) is 81.7 cm³/mol. The Labute approximate surface area is 139 Å². The highest BCUT2D eigenvalue weighted by Gasteiger charge is 2.44. The molecular weight excluding hydrogens is 320 g/mol. The summed E-state index contributed by atoms with van der Waals surface area (Å²) in [7, 11) is 1.22. The molecule has 0 fully saturated rings. The number of carbonyl (C=O) groups excluding carboxylic acids is 3. The van der Waals surface area contributed by atoms with Crippen LogP contribution in [-0.2, 0) is 30.4 Å². The van der Waals surface area contributed by atoms with Crippen LogP contribution in [0.1, 0.15) is 37.1 Å². The van der Waals surface area contributed by atoms with Gasteiger partial charge in [0.15, 0.2) is 0 Å². The molecule has 0 aliphatic carbocycles. The van der Waals surface area contributed by atoms with Gasteiger partial charge in [-0.3, -0.25) is 4.79 Å². The number of hydrogen-bond donors (Lipinski definition) is 2. The number of amides is 1.